The summed E-state index contributed by atoms with van der Waals surface area (Å²) in [6.45, 7) is 3.26. The summed E-state index contributed by atoms with van der Waals surface area (Å²) in [7, 11) is 0. The highest BCUT2D eigenvalue weighted by Gasteiger charge is 2.25. The lowest BCUT2D eigenvalue weighted by atomic mass is 10.0. The molecule has 1 amide bonds. The quantitative estimate of drug-likeness (QED) is 0.630. The molecule has 0 heterocycles. The zero-order chi connectivity index (χ0) is 17.7. The standard InChI is InChI=1S/C18H20N2O4/c1-12-7-6-10-15(17(12)20(23)24)18(22)19-13(2)16(21)11-14-8-4-3-5-9-14/h3-10,13,16,21H,11H2,1-2H3,(H,19,22). The van der Waals surface area contributed by atoms with Gasteiger partial charge in [-0.15, -0.1) is 0 Å². The van der Waals surface area contributed by atoms with E-state index in [0.717, 1.165) is 5.56 Å². The maximum Gasteiger partial charge on any atom is 0.285 e. The SMILES string of the molecule is Cc1cccc(C(=O)NC(C)C(O)Cc2ccccc2)c1[N+](=O)[O-]. The van der Waals surface area contributed by atoms with Crippen molar-refractivity contribution >= 4 is 11.6 Å². The lowest BCUT2D eigenvalue weighted by Gasteiger charge is -2.20. The molecule has 24 heavy (non-hydrogen) atoms. The number of rotatable bonds is 6. The first-order chi connectivity index (χ1) is 11.4. The topological polar surface area (TPSA) is 92.5 Å². The molecule has 0 aliphatic carbocycles. The number of nitrogens with zero attached hydrogens (tertiary/aromatic N) is 1. The minimum Gasteiger partial charge on any atom is -0.391 e. The highest BCUT2D eigenvalue weighted by atomic mass is 16.6. The lowest BCUT2D eigenvalue weighted by Crippen LogP contribution is -2.42. The Bertz CT molecular complexity index is 731. The van der Waals surface area contributed by atoms with Crippen LogP contribution in [0.5, 0.6) is 0 Å². The number of benzene rings is 2. The highest BCUT2D eigenvalue weighted by molar-refractivity contribution is 5.98. The van der Waals surface area contributed by atoms with Gasteiger partial charge in [-0.3, -0.25) is 14.9 Å². The van der Waals surface area contributed by atoms with Crippen molar-refractivity contribution in [3.63, 3.8) is 0 Å². The predicted molar refractivity (Wildman–Crippen MR) is 90.9 cm³/mol. The fourth-order valence-corrected chi connectivity index (χ4v) is 2.50. The molecular weight excluding hydrogens is 308 g/mol. The minimum atomic E-state index is -0.791. The lowest BCUT2D eigenvalue weighted by molar-refractivity contribution is -0.385. The summed E-state index contributed by atoms with van der Waals surface area (Å²) in [4.78, 5) is 23.0. The molecule has 2 unspecified atom stereocenters. The Morgan fingerprint density at radius 1 is 1.21 bits per heavy atom. The van der Waals surface area contributed by atoms with Crippen molar-refractivity contribution in [2.75, 3.05) is 0 Å². The summed E-state index contributed by atoms with van der Waals surface area (Å²) < 4.78 is 0. The van der Waals surface area contributed by atoms with E-state index in [-0.39, 0.29) is 11.3 Å². The van der Waals surface area contributed by atoms with Crippen molar-refractivity contribution in [2.24, 2.45) is 0 Å². The number of nitrogens with one attached hydrogen (secondary N) is 1. The van der Waals surface area contributed by atoms with Crippen LogP contribution in [-0.4, -0.2) is 28.1 Å². The molecule has 0 fully saturated rings. The second-order valence-electron chi connectivity index (χ2n) is 5.75. The summed E-state index contributed by atoms with van der Waals surface area (Å²) in [5, 5.41) is 24.1. The van der Waals surface area contributed by atoms with Crippen molar-refractivity contribution < 1.29 is 14.8 Å². The largest absolute Gasteiger partial charge is 0.391 e. The molecule has 2 atom stereocenters. The third kappa shape index (κ3) is 4.17. The number of carbonyl (C=O) groups excluding carboxylic acids is 1. The van der Waals surface area contributed by atoms with E-state index in [2.05, 4.69) is 5.32 Å². The fraction of sp³-hybridized carbons (Fsp3) is 0.278. The van der Waals surface area contributed by atoms with Crippen molar-refractivity contribution in [3.8, 4) is 0 Å². The van der Waals surface area contributed by atoms with Gasteiger partial charge in [0.15, 0.2) is 0 Å². The van der Waals surface area contributed by atoms with Gasteiger partial charge in [-0.1, -0.05) is 42.5 Å². The first-order valence-corrected chi connectivity index (χ1v) is 7.67. The predicted octanol–water partition coefficient (Wildman–Crippen LogP) is 2.63. The van der Waals surface area contributed by atoms with Gasteiger partial charge in [0.25, 0.3) is 11.6 Å². The number of amides is 1. The molecule has 0 spiro atoms. The van der Waals surface area contributed by atoms with Gasteiger partial charge in [0.2, 0.25) is 0 Å². The van der Waals surface area contributed by atoms with Crippen LogP contribution in [0.3, 0.4) is 0 Å². The molecule has 0 aliphatic rings. The first kappa shape index (κ1) is 17.6. The average molecular weight is 328 g/mol. The van der Waals surface area contributed by atoms with E-state index in [4.69, 9.17) is 0 Å². The van der Waals surface area contributed by atoms with E-state index < -0.39 is 23.0 Å². The molecule has 2 N–H and O–H groups in total. The van der Waals surface area contributed by atoms with E-state index >= 15 is 0 Å². The molecule has 2 rings (SSSR count). The van der Waals surface area contributed by atoms with Crippen LogP contribution in [0.1, 0.15) is 28.4 Å². The van der Waals surface area contributed by atoms with Crippen LogP contribution < -0.4 is 5.32 Å². The first-order valence-electron chi connectivity index (χ1n) is 7.67. The van der Waals surface area contributed by atoms with Gasteiger partial charge in [0.05, 0.1) is 17.1 Å². The maximum absolute atomic E-state index is 12.4. The highest BCUT2D eigenvalue weighted by Crippen LogP contribution is 2.23. The van der Waals surface area contributed by atoms with E-state index in [1.165, 1.54) is 6.07 Å². The number of carbonyl (C=O) groups is 1. The Morgan fingerprint density at radius 2 is 1.88 bits per heavy atom. The van der Waals surface area contributed by atoms with Crippen LogP contribution in [0.4, 0.5) is 5.69 Å². The van der Waals surface area contributed by atoms with Crippen molar-refractivity contribution in [1.29, 1.82) is 0 Å². The molecule has 0 bridgehead atoms. The fourth-order valence-electron chi connectivity index (χ4n) is 2.50. The molecule has 0 aliphatic heterocycles. The van der Waals surface area contributed by atoms with E-state index in [1.807, 2.05) is 30.3 Å². The molecule has 6 nitrogen and oxygen atoms in total. The summed E-state index contributed by atoms with van der Waals surface area (Å²) in [5.74, 6) is -0.565. The normalized spacial score (nSPS) is 13.1. The molecule has 0 radical (unpaired) electrons. The smallest absolute Gasteiger partial charge is 0.285 e. The monoisotopic (exact) mass is 328 g/mol. The Labute approximate surface area is 140 Å². The van der Waals surface area contributed by atoms with Crippen LogP contribution in [-0.2, 0) is 6.42 Å². The number of nitro benzene ring substituents is 1. The average Bonchev–Trinajstić information content (AvgIpc) is 2.55. The molecule has 126 valence electrons. The number of aliphatic hydroxyl groups excluding tert-OH is 1. The summed E-state index contributed by atoms with van der Waals surface area (Å²) in [6, 6.07) is 13.5. The Balaban J connectivity index is 2.09. The minimum absolute atomic E-state index is 0.00115. The zero-order valence-corrected chi connectivity index (χ0v) is 13.6. The number of para-hydroxylation sites is 1. The third-order valence-corrected chi connectivity index (χ3v) is 3.89. The molecule has 2 aromatic rings. The Morgan fingerprint density at radius 3 is 2.50 bits per heavy atom. The molecule has 0 saturated heterocycles. The molecule has 0 aromatic heterocycles. The van der Waals surface area contributed by atoms with Gasteiger partial charge in [-0.25, -0.2) is 0 Å². The van der Waals surface area contributed by atoms with Gasteiger partial charge in [-0.2, -0.15) is 0 Å². The third-order valence-electron chi connectivity index (χ3n) is 3.89. The number of aryl methyl sites for hydroxylation is 1. The van der Waals surface area contributed by atoms with E-state index in [0.29, 0.717) is 12.0 Å². The number of aliphatic hydroxyl groups is 1. The van der Waals surface area contributed by atoms with Gasteiger partial charge in [-0.05, 0) is 25.5 Å². The van der Waals surface area contributed by atoms with Gasteiger partial charge in [0, 0.05) is 12.0 Å². The summed E-state index contributed by atoms with van der Waals surface area (Å²) in [6.07, 6.45) is -0.404. The Kier molecular flexibility index (Phi) is 5.65. The molecule has 6 heteroatoms. The molecule has 2 aromatic carbocycles. The second-order valence-corrected chi connectivity index (χ2v) is 5.75. The van der Waals surface area contributed by atoms with Crippen LogP contribution >= 0.6 is 0 Å². The molecule has 0 saturated carbocycles. The van der Waals surface area contributed by atoms with Crippen LogP contribution in [0.25, 0.3) is 0 Å². The van der Waals surface area contributed by atoms with Gasteiger partial charge in [0.1, 0.15) is 5.56 Å². The number of hydrogen-bond acceptors (Lipinski definition) is 4. The van der Waals surface area contributed by atoms with E-state index in [9.17, 15) is 20.0 Å². The zero-order valence-electron chi connectivity index (χ0n) is 13.6. The van der Waals surface area contributed by atoms with E-state index in [1.54, 1.807) is 26.0 Å². The van der Waals surface area contributed by atoms with Gasteiger partial charge >= 0.3 is 0 Å². The number of nitro groups is 1. The van der Waals surface area contributed by atoms with Crippen molar-refractivity contribution in [3.05, 3.63) is 75.3 Å². The van der Waals surface area contributed by atoms with Crippen LogP contribution in [0, 0.1) is 17.0 Å². The Hall–Kier alpha value is -2.73. The van der Waals surface area contributed by atoms with Crippen LogP contribution in [0.2, 0.25) is 0 Å². The molecular formula is C18H20N2O4. The van der Waals surface area contributed by atoms with Crippen molar-refractivity contribution in [2.45, 2.75) is 32.4 Å². The maximum atomic E-state index is 12.4. The number of hydrogen-bond donors (Lipinski definition) is 2. The summed E-state index contributed by atoms with van der Waals surface area (Å²) in [5.41, 5.74) is 1.16. The van der Waals surface area contributed by atoms with Crippen LogP contribution in [0.15, 0.2) is 48.5 Å². The summed E-state index contributed by atoms with van der Waals surface area (Å²) >= 11 is 0. The van der Waals surface area contributed by atoms with Crippen molar-refractivity contribution in [1.82, 2.24) is 5.32 Å². The van der Waals surface area contributed by atoms with Gasteiger partial charge < -0.3 is 10.4 Å². The second kappa shape index (κ2) is 7.70.